The largest absolute Gasteiger partial charge is 0.455 e. The average Bonchev–Trinajstić information content (AvgIpc) is 3.31. The summed E-state index contributed by atoms with van der Waals surface area (Å²) in [5, 5.41) is 20.6. The summed E-state index contributed by atoms with van der Waals surface area (Å²) >= 11 is 0. The molecule has 2 N–H and O–H groups in total. The SMILES string of the molecule is CCCCCCCCCCCCCCCC(O)C(O)CCCCCCCCCCCCCCCCC1=CC(C)OC1=O. The highest BCUT2D eigenvalue weighted by Crippen LogP contribution is 2.21. The molecule has 1 rings (SSSR count). The lowest BCUT2D eigenvalue weighted by molar-refractivity contribution is -0.139. The van der Waals surface area contributed by atoms with Gasteiger partial charge in [-0.25, -0.2) is 4.79 Å². The van der Waals surface area contributed by atoms with E-state index in [9.17, 15) is 15.0 Å². The molecular weight excluding hydrogens is 520 g/mol. The number of rotatable bonds is 32. The van der Waals surface area contributed by atoms with E-state index in [0.717, 1.165) is 44.1 Å². The van der Waals surface area contributed by atoms with E-state index in [2.05, 4.69) is 6.92 Å². The van der Waals surface area contributed by atoms with Crippen LogP contribution in [0.25, 0.3) is 0 Å². The third-order valence-electron chi connectivity index (χ3n) is 9.23. The van der Waals surface area contributed by atoms with Gasteiger partial charge >= 0.3 is 5.97 Å². The highest BCUT2D eigenvalue weighted by atomic mass is 16.5. The van der Waals surface area contributed by atoms with Crippen LogP contribution in [-0.2, 0) is 9.53 Å². The maximum atomic E-state index is 11.6. The van der Waals surface area contributed by atoms with Crippen LogP contribution >= 0.6 is 0 Å². The van der Waals surface area contributed by atoms with E-state index in [4.69, 9.17) is 4.74 Å². The van der Waals surface area contributed by atoms with Crippen molar-refractivity contribution >= 4 is 5.97 Å². The van der Waals surface area contributed by atoms with Crippen LogP contribution < -0.4 is 0 Å². The first-order valence-corrected chi connectivity index (χ1v) is 18.8. The molecule has 1 heterocycles. The zero-order valence-corrected chi connectivity index (χ0v) is 28.2. The fraction of sp³-hybridized carbons (Fsp3) is 0.921. The molecule has 0 aromatic heterocycles. The molecule has 42 heavy (non-hydrogen) atoms. The van der Waals surface area contributed by atoms with Crippen LogP contribution in [0, 0.1) is 0 Å². The number of aliphatic hydroxyl groups excluding tert-OH is 2. The van der Waals surface area contributed by atoms with Crippen molar-refractivity contribution in [1.82, 2.24) is 0 Å². The predicted molar refractivity (Wildman–Crippen MR) is 180 cm³/mol. The number of hydrogen-bond donors (Lipinski definition) is 2. The minimum Gasteiger partial charge on any atom is -0.455 e. The smallest absolute Gasteiger partial charge is 0.334 e. The summed E-state index contributed by atoms with van der Waals surface area (Å²) in [4.78, 5) is 11.6. The van der Waals surface area contributed by atoms with Crippen LogP contribution in [0.1, 0.15) is 206 Å². The van der Waals surface area contributed by atoms with Gasteiger partial charge in [-0.15, -0.1) is 0 Å². The van der Waals surface area contributed by atoms with Crippen LogP contribution in [0.4, 0.5) is 0 Å². The molecule has 1 aliphatic heterocycles. The Morgan fingerprint density at radius 2 is 0.857 bits per heavy atom. The van der Waals surface area contributed by atoms with E-state index < -0.39 is 12.2 Å². The first kappa shape index (κ1) is 39.2. The molecule has 248 valence electrons. The van der Waals surface area contributed by atoms with Crippen LogP contribution in [0.15, 0.2) is 11.6 Å². The number of carbonyl (C=O) groups is 1. The lowest BCUT2D eigenvalue weighted by Crippen LogP contribution is -2.25. The second-order valence-corrected chi connectivity index (χ2v) is 13.5. The van der Waals surface area contributed by atoms with Crippen molar-refractivity contribution in [3.05, 3.63) is 11.6 Å². The van der Waals surface area contributed by atoms with E-state index in [1.807, 2.05) is 13.0 Å². The Labute approximate surface area is 261 Å². The number of ether oxygens (including phenoxy) is 1. The summed E-state index contributed by atoms with van der Waals surface area (Å²) in [6, 6.07) is 0. The molecule has 4 heteroatoms. The molecule has 0 radical (unpaired) electrons. The molecule has 0 spiro atoms. The number of cyclic esters (lactones) is 1. The molecule has 0 saturated carbocycles. The third-order valence-corrected chi connectivity index (χ3v) is 9.23. The Morgan fingerprint density at radius 3 is 1.17 bits per heavy atom. The van der Waals surface area contributed by atoms with Gasteiger partial charge in [0.25, 0.3) is 0 Å². The summed E-state index contributed by atoms with van der Waals surface area (Å²) in [5.41, 5.74) is 0.884. The van der Waals surface area contributed by atoms with Crippen molar-refractivity contribution in [3.8, 4) is 0 Å². The minimum absolute atomic E-state index is 0.0325. The van der Waals surface area contributed by atoms with Crippen LogP contribution in [0.2, 0.25) is 0 Å². The highest BCUT2D eigenvalue weighted by Gasteiger charge is 2.21. The van der Waals surface area contributed by atoms with Gasteiger partial charge in [-0.1, -0.05) is 174 Å². The summed E-state index contributed by atoms with van der Waals surface area (Å²) in [6.07, 6.45) is 38.5. The van der Waals surface area contributed by atoms with Crippen LogP contribution in [0.5, 0.6) is 0 Å². The quantitative estimate of drug-likeness (QED) is 0.0602. The second kappa shape index (κ2) is 28.9. The van der Waals surface area contributed by atoms with Crippen molar-refractivity contribution < 1.29 is 19.7 Å². The number of esters is 1. The van der Waals surface area contributed by atoms with Gasteiger partial charge in [-0.3, -0.25) is 0 Å². The fourth-order valence-electron chi connectivity index (χ4n) is 6.36. The Hall–Kier alpha value is -0.870. The second-order valence-electron chi connectivity index (χ2n) is 13.5. The van der Waals surface area contributed by atoms with Gasteiger partial charge in [-0.2, -0.15) is 0 Å². The van der Waals surface area contributed by atoms with Gasteiger partial charge < -0.3 is 14.9 Å². The van der Waals surface area contributed by atoms with Gasteiger partial charge in [0.15, 0.2) is 0 Å². The molecule has 3 atom stereocenters. The zero-order valence-electron chi connectivity index (χ0n) is 28.2. The molecule has 0 aromatic rings. The first-order valence-electron chi connectivity index (χ1n) is 18.8. The van der Waals surface area contributed by atoms with E-state index in [1.54, 1.807) is 0 Å². The zero-order chi connectivity index (χ0) is 30.5. The maximum absolute atomic E-state index is 11.6. The van der Waals surface area contributed by atoms with Gasteiger partial charge in [0, 0.05) is 5.57 Å². The molecule has 0 bridgehead atoms. The first-order chi connectivity index (χ1) is 20.5. The van der Waals surface area contributed by atoms with Gasteiger partial charge in [0.2, 0.25) is 0 Å². The number of unbranched alkanes of at least 4 members (excludes halogenated alkanes) is 25. The molecule has 0 amide bonds. The van der Waals surface area contributed by atoms with E-state index in [0.29, 0.717) is 0 Å². The molecule has 0 fully saturated rings. The summed E-state index contributed by atoms with van der Waals surface area (Å²) in [6.45, 7) is 4.20. The Morgan fingerprint density at radius 1 is 0.548 bits per heavy atom. The highest BCUT2D eigenvalue weighted by molar-refractivity contribution is 5.90. The molecule has 3 unspecified atom stereocenters. The van der Waals surface area contributed by atoms with E-state index in [1.165, 1.54) is 154 Å². The lowest BCUT2D eigenvalue weighted by atomic mass is 9.99. The van der Waals surface area contributed by atoms with Crippen LogP contribution in [-0.4, -0.2) is 34.5 Å². The van der Waals surface area contributed by atoms with Crippen molar-refractivity contribution in [3.63, 3.8) is 0 Å². The summed E-state index contributed by atoms with van der Waals surface area (Å²) in [7, 11) is 0. The van der Waals surface area contributed by atoms with Gasteiger partial charge in [0.1, 0.15) is 6.10 Å². The van der Waals surface area contributed by atoms with Gasteiger partial charge in [-0.05, 0) is 38.7 Å². The Kier molecular flexibility index (Phi) is 26.9. The maximum Gasteiger partial charge on any atom is 0.334 e. The summed E-state index contributed by atoms with van der Waals surface area (Å²) < 4.78 is 5.15. The van der Waals surface area contributed by atoms with Gasteiger partial charge in [0.05, 0.1) is 12.2 Å². The van der Waals surface area contributed by atoms with Crippen molar-refractivity contribution in [2.75, 3.05) is 0 Å². The Balaban J connectivity index is 1.75. The molecule has 0 aliphatic carbocycles. The molecule has 0 saturated heterocycles. The van der Waals surface area contributed by atoms with E-state index in [-0.39, 0.29) is 12.1 Å². The summed E-state index contributed by atoms with van der Waals surface area (Å²) in [5.74, 6) is -0.105. The number of carbonyl (C=O) groups excluding carboxylic acids is 1. The number of aliphatic hydroxyl groups is 2. The predicted octanol–water partition coefficient (Wildman–Crippen LogP) is 11.3. The van der Waals surface area contributed by atoms with Crippen molar-refractivity contribution in [2.45, 2.75) is 225 Å². The number of hydrogen-bond acceptors (Lipinski definition) is 4. The third kappa shape index (κ3) is 23.6. The normalized spacial score (nSPS) is 16.5. The molecule has 4 nitrogen and oxygen atoms in total. The monoisotopic (exact) mass is 593 g/mol. The van der Waals surface area contributed by atoms with Crippen LogP contribution in [0.3, 0.4) is 0 Å². The average molecular weight is 593 g/mol. The standard InChI is InChI=1S/C38H72O4/c1-3-4-5-6-7-8-9-12-16-19-22-25-28-31-36(39)37(40)32-29-26-23-20-17-14-11-10-13-15-18-21-24-27-30-35-33-34(2)42-38(35)41/h33-34,36-37,39-40H,3-32H2,1-2H3. The minimum atomic E-state index is -0.533. The molecule has 1 aliphatic rings. The van der Waals surface area contributed by atoms with E-state index >= 15 is 0 Å². The van der Waals surface area contributed by atoms with Crippen molar-refractivity contribution in [2.24, 2.45) is 0 Å². The van der Waals surface area contributed by atoms with Crippen molar-refractivity contribution in [1.29, 1.82) is 0 Å². The Bertz CT molecular complexity index is 631. The topological polar surface area (TPSA) is 66.8 Å². The lowest BCUT2D eigenvalue weighted by Gasteiger charge is -2.17. The fourth-order valence-corrected chi connectivity index (χ4v) is 6.36. The molecule has 0 aromatic carbocycles. The molecular formula is C38H72O4.